The predicted octanol–water partition coefficient (Wildman–Crippen LogP) is 5.55. The molecule has 0 spiro atoms. The lowest BCUT2D eigenvalue weighted by Gasteiger charge is -2.22. The number of benzene rings is 2. The Bertz CT molecular complexity index is 729. The molecule has 11 heteroatoms. The number of halogens is 7. The van der Waals surface area contributed by atoms with Crippen molar-refractivity contribution in [1.82, 2.24) is 0 Å². The molecule has 1 unspecified atom stereocenters. The molecule has 2 rings (SSSR count). The van der Waals surface area contributed by atoms with E-state index in [1.807, 2.05) is 0 Å². The first kappa shape index (κ1) is 20.0. The first-order valence-corrected chi connectivity index (χ1v) is 7.17. The molecule has 2 aromatic carbocycles. The standard InChI is InChI=1S/C15H10ClF6NO3/c16-11-8-10(26-23-9-4-2-1-3-5-9)6-7-12(11)24-14(18,19)13(17)25-15(20,21)22/h1-8,13,23H. The van der Waals surface area contributed by atoms with Gasteiger partial charge in [0.25, 0.3) is 0 Å². The van der Waals surface area contributed by atoms with Crippen LogP contribution >= 0.6 is 11.6 Å². The van der Waals surface area contributed by atoms with Crippen molar-refractivity contribution < 1.29 is 40.7 Å². The monoisotopic (exact) mass is 401 g/mol. The Kier molecular flexibility index (Phi) is 6.09. The average Bonchev–Trinajstić information content (AvgIpc) is 2.54. The van der Waals surface area contributed by atoms with Crippen LogP contribution < -0.4 is 15.1 Å². The molecule has 0 aliphatic rings. The number of hydrogen-bond donors (Lipinski definition) is 1. The molecule has 0 bridgehead atoms. The number of alkyl halides is 6. The van der Waals surface area contributed by atoms with Crippen LogP contribution in [0.1, 0.15) is 0 Å². The molecular formula is C15H10ClF6NO3. The van der Waals surface area contributed by atoms with Crippen molar-refractivity contribution in [3.8, 4) is 11.5 Å². The molecule has 2 aromatic rings. The van der Waals surface area contributed by atoms with E-state index in [1.165, 1.54) is 0 Å². The Hall–Kier alpha value is -2.33. The predicted molar refractivity (Wildman–Crippen MR) is 79.8 cm³/mol. The average molecular weight is 402 g/mol. The Labute approximate surface area is 148 Å². The van der Waals surface area contributed by atoms with Crippen molar-refractivity contribution in [1.29, 1.82) is 0 Å². The Morgan fingerprint density at radius 2 is 1.62 bits per heavy atom. The lowest BCUT2D eigenvalue weighted by atomic mass is 10.3. The molecular weight excluding hydrogens is 392 g/mol. The van der Waals surface area contributed by atoms with Gasteiger partial charge in [-0.2, -0.15) is 8.78 Å². The molecule has 142 valence electrons. The largest absolute Gasteiger partial charge is 0.525 e. The fourth-order valence-electron chi connectivity index (χ4n) is 1.63. The topological polar surface area (TPSA) is 39.7 Å². The van der Waals surface area contributed by atoms with Crippen LogP contribution in [-0.2, 0) is 4.74 Å². The van der Waals surface area contributed by atoms with Gasteiger partial charge in [0.1, 0.15) is 5.75 Å². The van der Waals surface area contributed by atoms with E-state index < -0.39 is 29.6 Å². The van der Waals surface area contributed by atoms with Gasteiger partial charge in [-0.15, -0.1) is 13.2 Å². The highest BCUT2D eigenvalue weighted by molar-refractivity contribution is 6.32. The van der Waals surface area contributed by atoms with Crippen molar-refractivity contribution in [2.24, 2.45) is 0 Å². The summed E-state index contributed by atoms with van der Waals surface area (Å²) in [5.74, 6) is -0.685. The molecule has 0 heterocycles. The zero-order valence-electron chi connectivity index (χ0n) is 12.6. The third kappa shape index (κ3) is 5.88. The second-order valence-corrected chi connectivity index (χ2v) is 5.11. The van der Waals surface area contributed by atoms with Crippen LogP contribution in [0.5, 0.6) is 11.5 Å². The van der Waals surface area contributed by atoms with Crippen LogP contribution in [0.15, 0.2) is 48.5 Å². The number of rotatable bonds is 7. The summed E-state index contributed by atoms with van der Waals surface area (Å²) >= 11 is 5.70. The van der Waals surface area contributed by atoms with E-state index in [9.17, 15) is 26.3 Å². The zero-order chi connectivity index (χ0) is 19.4. The lowest BCUT2D eigenvalue weighted by molar-refractivity contribution is -0.411. The van der Waals surface area contributed by atoms with Gasteiger partial charge in [-0.3, -0.25) is 0 Å². The molecule has 0 aliphatic carbocycles. The molecule has 0 fully saturated rings. The zero-order valence-corrected chi connectivity index (χ0v) is 13.3. The smallest absolute Gasteiger partial charge is 0.427 e. The van der Waals surface area contributed by atoms with E-state index in [2.05, 4.69) is 15.0 Å². The number of hydrogen-bond acceptors (Lipinski definition) is 4. The summed E-state index contributed by atoms with van der Waals surface area (Å²) in [6.07, 6.45) is -14.6. The molecule has 4 nitrogen and oxygen atoms in total. The summed E-state index contributed by atoms with van der Waals surface area (Å²) in [5, 5.41) is -0.448. The van der Waals surface area contributed by atoms with Crippen molar-refractivity contribution in [2.75, 3.05) is 5.48 Å². The SMILES string of the molecule is FC(OC(F)(F)F)C(F)(F)Oc1ccc(ONc2ccccc2)cc1Cl. The quantitative estimate of drug-likeness (QED) is 0.488. The van der Waals surface area contributed by atoms with Crippen molar-refractivity contribution in [3.05, 3.63) is 53.6 Å². The summed E-state index contributed by atoms with van der Waals surface area (Å²) in [4.78, 5) is 5.15. The van der Waals surface area contributed by atoms with Crippen LogP contribution in [0, 0.1) is 0 Å². The van der Waals surface area contributed by atoms with Gasteiger partial charge in [-0.1, -0.05) is 29.8 Å². The Morgan fingerprint density at radius 3 is 2.19 bits per heavy atom. The van der Waals surface area contributed by atoms with Crippen LogP contribution in [0.2, 0.25) is 5.02 Å². The number of nitrogens with one attached hydrogen (secondary N) is 1. The fraction of sp³-hybridized carbons (Fsp3) is 0.200. The van der Waals surface area contributed by atoms with Crippen molar-refractivity contribution >= 4 is 17.3 Å². The second kappa shape index (κ2) is 7.92. The molecule has 1 atom stereocenters. The maximum atomic E-state index is 13.4. The van der Waals surface area contributed by atoms with E-state index >= 15 is 0 Å². The summed E-state index contributed by atoms with van der Waals surface area (Å²) < 4.78 is 81.7. The molecule has 0 saturated carbocycles. The van der Waals surface area contributed by atoms with E-state index in [4.69, 9.17) is 16.4 Å². The first-order valence-electron chi connectivity index (χ1n) is 6.80. The summed E-state index contributed by atoms with van der Waals surface area (Å²) in [7, 11) is 0. The summed E-state index contributed by atoms with van der Waals surface area (Å²) in [6.45, 7) is 0. The van der Waals surface area contributed by atoms with Gasteiger partial charge in [0, 0.05) is 6.07 Å². The van der Waals surface area contributed by atoms with E-state index in [-0.39, 0.29) is 5.75 Å². The summed E-state index contributed by atoms with van der Waals surface area (Å²) in [6, 6.07) is 11.6. The van der Waals surface area contributed by atoms with Crippen LogP contribution in [0.25, 0.3) is 0 Å². The van der Waals surface area contributed by atoms with E-state index in [0.717, 1.165) is 18.2 Å². The maximum Gasteiger partial charge on any atom is 0.525 e. The lowest BCUT2D eigenvalue weighted by Crippen LogP contribution is -2.41. The highest BCUT2D eigenvalue weighted by atomic mass is 35.5. The fourth-order valence-corrected chi connectivity index (χ4v) is 1.84. The third-order valence-electron chi connectivity index (χ3n) is 2.71. The Balaban J connectivity index is 2.02. The number of ether oxygens (including phenoxy) is 2. The molecule has 1 N–H and O–H groups in total. The minimum atomic E-state index is -5.60. The number of para-hydroxylation sites is 1. The van der Waals surface area contributed by atoms with Crippen LogP contribution in [0.3, 0.4) is 0 Å². The number of anilines is 1. The van der Waals surface area contributed by atoms with Gasteiger partial charge in [-0.05, 0) is 24.3 Å². The van der Waals surface area contributed by atoms with Crippen molar-refractivity contribution in [2.45, 2.75) is 18.8 Å². The molecule has 0 aliphatic heterocycles. The van der Waals surface area contributed by atoms with Gasteiger partial charge >= 0.3 is 18.8 Å². The molecule has 0 amide bonds. The molecule has 26 heavy (non-hydrogen) atoms. The third-order valence-corrected chi connectivity index (χ3v) is 3.01. The van der Waals surface area contributed by atoms with E-state index in [0.29, 0.717) is 5.69 Å². The molecule has 0 radical (unpaired) electrons. The van der Waals surface area contributed by atoms with Gasteiger partial charge in [0.2, 0.25) is 0 Å². The van der Waals surface area contributed by atoms with Gasteiger partial charge < -0.3 is 9.57 Å². The second-order valence-electron chi connectivity index (χ2n) is 4.71. The summed E-state index contributed by atoms with van der Waals surface area (Å²) in [5.41, 5.74) is 3.13. The molecule has 0 aromatic heterocycles. The van der Waals surface area contributed by atoms with Crippen LogP contribution in [0.4, 0.5) is 32.0 Å². The normalized spacial score (nSPS) is 13.2. The molecule has 0 saturated heterocycles. The van der Waals surface area contributed by atoms with Gasteiger partial charge in [0.15, 0.2) is 5.75 Å². The van der Waals surface area contributed by atoms with E-state index in [1.54, 1.807) is 30.3 Å². The minimum Gasteiger partial charge on any atom is -0.427 e. The maximum absolute atomic E-state index is 13.4. The minimum absolute atomic E-state index is 0.0814. The van der Waals surface area contributed by atoms with Crippen molar-refractivity contribution in [3.63, 3.8) is 0 Å². The van der Waals surface area contributed by atoms with Gasteiger partial charge in [-0.25, -0.2) is 14.6 Å². The highest BCUT2D eigenvalue weighted by Crippen LogP contribution is 2.36. The van der Waals surface area contributed by atoms with Gasteiger partial charge in [0.05, 0.1) is 10.7 Å². The first-order chi connectivity index (χ1) is 12.1. The highest BCUT2D eigenvalue weighted by Gasteiger charge is 2.50. The Morgan fingerprint density at radius 1 is 0.962 bits per heavy atom. The van der Waals surface area contributed by atoms with Crippen LogP contribution in [-0.4, -0.2) is 18.8 Å².